The Morgan fingerprint density at radius 1 is 1.00 bits per heavy atom. The average Bonchev–Trinajstić information content (AvgIpc) is 3.04. The first-order chi connectivity index (χ1) is 15.0. The van der Waals surface area contributed by atoms with E-state index in [1.165, 1.54) is 0 Å². The summed E-state index contributed by atoms with van der Waals surface area (Å²) in [7, 11) is 3.93. The smallest absolute Gasteiger partial charge is 0.290 e. The summed E-state index contributed by atoms with van der Waals surface area (Å²) in [6, 6.07) is 18.7. The van der Waals surface area contributed by atoms with Crippen molar-refractivity contribution in [3.63, 3.8) is 0 Å². The number of fused-ring (bicyclic) bond motifs is 4. The van der Waals surface area contributed by atoms with Crippen molar-refractivity contribution in [1.82, 2.24) is 9.80 Å². The molecule has 0 fully saturated rings. The van der Waals surface area contributed by atoms with E-state index in [9.17, 15) is 9.59 Å². The Balaban J connectivity index is 1.79. The maximum Gasteiger partial charge on any atom is 0.290 e. The van der Waals surface area contributed by atoms with Crippen LogP contribution in [0.1, 0.15) is 27.7 Å². The van der Waals surface area contributed by atoms with Crippen LogP contribution in [-0.4, -0.2) is 42.9 Å². The van der Waals surface area contributed by atoms with Crippen LogP contribution in [0, 0.1) is 0 Å². The van der Waals surface area contributed by atoms with Crippen LogP contribution >= 0.6 is 15.9 Å². The summed E-state index contributed by atoms with van der Waals surface area (Å²) in [5.41, 5.74) is 1.63. The summed E-state index contributed by atoms with van der Waals surface area (Å²) in [4.78, 5) is 30.9. The molecule has 0 saturated heterocycles. The molecule has 3 aromatic carbocycles. The van der Waals surface area contributed by atoms with E-state index in [4.69, 9.17) is 4.42 Å². The largest absolute Gasteiger partial charge is 0.450 e. The fraction of sp³-hybridized carbons (Fsp3) is 0.200. The first-order valence-corrected chi connectivity index (χ1v) is 10.9. The van der Waals surface area contributed by atoms with E-state index in [0.29, 0.717) is 29.6 Å². The van der Waals surface area contributed by atoms with E-state index in [2.05, 4.69) is 15.9 Å². The summed E-state index contributed by atoms with van der Waals surface area (Å²) in [5, 5.41) is 2.30. The van der Waals surface area contributed by atoms with E-state index in [1.807, 2.05) is 73.6 Å². The van der Waals surface area contributed by atoms with Crippen LogP contribution in [0.4, 0.5) is 0 Å². The molecule has 5 nitrogen and oxygen atoms in total. The van der Waals surface area contributed by atoms with Crippen LogP contribution in [-0.2, 0) is 0 Å². The Morgan fingerprint density at radius 2 is 1.81 bits per heavy atom. The van der Waals surface area contributed by atoms with E-state index in [1.54, 1.807) is 11.0 Å². The van der Waals surface area contributed by atoms with Gasteiger partial charge in [-0.2, -0.15) is 0 Å². The summed E-state index contributed by atoms with van der Waals surface area (Å²) in [6.07, 6.45) is 0. The third kappa shape index (κ3) is 3.27. The van der Waals surface area contributed by atoms with Crippen LogP contribution < -0.4 is 5.43 Å². The number of carbonyl (C=O) groups excluding carboxylic acids is 1. The molecule has 1 aromatic heterocycles. The van der Waals surface area contributed by atoms with Crippen molar-refractivity contribution in [2.45, 2.75) is 6.04 Å². The molecule has 6 heteroatoms. The quantitative estimate of drug-likeness (QED) is 0.396. The minimum Gasteiger partial charge on any atom is -0.450 e. The van der Waals surface area contributed by atoms with Crippen molar-refractivity contribution < 1.29 is 9.21 Å². The Hall–Kier alpha value is -2.96. The molecule has 0 spiro atoms. The van der Waals surface area contributed by atoms with Crippen LogP contribution in [0.25, 0.3) is 21.7 Å². The number of carbonyl (C=O) groups is 1. The number of amides is 1. The van der Waals surface area contributed by atoms with Crippen molar-refractivity contribution in [2.24, 2.45) is 0 Å². The molecular weight excluding hydrogens is 456 g/mol. The normalized spacial score (nSPS) is 15.9. The summed E-state index contributed by atoms with van der Waals surface area (Å²) in [5.74, 6) is -0.0913. The van der Waals surface area contributed by atoms with Crippen molar-refractivity contribution in [1.29, 1.82) is 0 Å². The lowest BCUT2D eigenvalue weighted by Gasteiger charge is -2.26. The summed E-state index contributed by atoms with van der Waals surface area (Å²) in [6.45, 7) is 1.17. The van der Waals surface area contributed by atoms with Gasteiger partial charge in [-0.25, -0.2) is 0 Å². The minimum absolute atomic E-state index is 0.146. The van der Waals surface area contributed by atoms with Crippen LogP contribution in [0.5, 0.6) is 0 Å². The first-order valence-electron chi connectivity index (χ1n) is 10.2. The SMILES string of the molecule is CN(C)CCN1C(=O)c2oc3c(ccc4ccccc43)c(=O)c2C1c1cccc(Br)c1. The zero-order chi connectivity index (χ0) is 21.7. The van der Waals surface area contributed by atoms with Gasteiger partial charge in [-0.05, 0) is 43.2 Å². The summed E-state index contributed by atoms with van der Waals surface area (Å²) >= 11 is 3.52. The van der Waals surface area contributed by atoms with E-state index in [0.717, 1.165) is 20.8 Å². The fourth-order valence-electron chi connectivity index (χ4n) is 4.31. The summed E-state index contributed by atoms with van der Waals surface area (Å²) < 4.78 is 7.11. The molecule has 0 bridgehead atoms. The first kappa shape index (κ1) is 20.0. The number of benzene rings is 3. The van der Waals surface area contributed by atoms with Gasteiger partial charge in [0.1, 0.15) is 5.58 Å². The van der Waals surface area contributed by atoms with Gasteiger partial charge in [-0.15, -0.1) is 0 Å². The van der Waals surface area contributed by atoms with Gasteiger partial charge in [0.2, 0.25) is 5.76 Å². The number of likely N-dealkylation sites (N-methyl/N-ethyl adjacent to an activating group) is 1. The minimum atomic E-state index is -0.480. The van der Waals surface area contributed by atoms with Gasteiger partial charge < -0.3 is 14.2 Å². The monoisotopic (exact) mass is 476 g/mol. The molecule has 1 unspecified atom stereocenters. The Labute approximate surface area is 188 Å². The molecule has 156 valence electrons. The van der Waals surface area contributed by atoms with Gasteiger partial charge in [-0.3, -0.25) is 9.59 Å². The van der Waals surface area contributed by atoms with Gasteiger partial charge in [0.05, 0.1) is 17.0 Å². The molecule has 5 rings (SSSR count). The average molecular weight is 477 g/mol. The van der Waals surface area contributed by atoms with Gasteiger partial charge in [0.15, 0.2) is 5.43 Å². The van der Waals surface area contributed by atoms with E-state index in [-0.39, 0.29) is 17.1 Å². The second kappa shape index (κ2) is 7.62. The Kier molecular flexibility index (Phi) is 4.91. The molecule has 0 radical (unpaired) electrons. The van der Waals surface area contributed by atoms with Gasteiger partial charge in [-0.1, -0.05) is 58.4 Å². The maximum absolute atomic E-state index is 13.7. The number of nitrogens with zero attached hydrogens (tertiary/aromatic N) is 2. The number of rotatable bonds is 4. The molecule has 0 aliphatic carbocycles. The zero-order valence-electron chi connectivity index (χ0n) is 17.3. The number of hydrogen-bond donors (Lipinski definition) is 0. The van der Waals surface area contributed by atoms with Crippen LogP contribution in [0.15, 0.2) is 74.3 Å². The van der Waals surface area contributed by atoms with Gasteiger partial charge in [0, 0.05) is 22.9 Å². The van der Waals surface area contributed by atoms with Crippen molar-refractivity contribution in [3.05, 3.63) is 92.2 Å². The highest BCUT2D eigenvalue weighted by Gasteiger charge is 2.42. The molecule has 1 aliphatic heterocycles. The predicted molar refractivity (Wildman–Crippen MR) is 126 cm³/mol. The zero-order valence-corrected chi connectivity index (χ0v) is 18.8. The van der Waals surface area contributed by atoms with E-state index >= 15 is 0 Å². The second-order valence-corrected chi connectivity index (χ2v) is 9.01. The van der Waals surface area contributed by atoms with Crippen LogP contribution in [0.3, 0.4) is 0 Å². The fourth-order valence-corrected chi connectivity index (χ4v) is 4.73. The number of halogens is 1. The highest BCUT2D eigenvalue weighted by Crippen LogP contribution is 2.39. The van der Waals surface area contributed by atoms with Gasteiger partial charge >= 0.3 is 0 Å². The van der Waals surface area contributed by atoms with Crippen molar-refractivity contribution in [3.8, 4) is 0 Å². The lowest BCUT2D eigenvalue weighted by molar-refractivity contribution is 0.0716. The van der Waals surface area contributed by atoms with Crippen LogP contribution in [0.2, 0.25) is 0 Å². The molecule has 1 amide bonds. The van der Waals surface area contributed by atoms with Gasteiger partial charge in [0.25, 0.3) is 5.91 Å². The lowest BCUT2D eigenvalue weighted by atomic mass is 9.97. The Bertz CT molecular complexity index is 1390. The standard InChI is InChI=1S/C25H21BrN2O3/c1-27(2)12-13-28-21(16-7-5-8-17(26)14-16)20-22(29)19-11-10-15-6-3-4-9-18(15)23(19)31-24(20)25(28)30/h3-11,14,21H,12-13H2,1-2H3. The highest BCUT2D eigenvalue weighted by molar-refractivity contribution is 9.10. The van der Waals surface area contributed by atoms with E-state index < -0.39 is 6.04 Å². The highest BCUT2D eigenvalue weighted by atomic mass is 79.9. The third-order valence-electron chi connectivity index (χ3n) is 5.81. The molecule has 1 atom stereocenters. The Morgan fingerprint density at radius 3 is 2.58 bits per heavy atom. The predicted octanol–water partition coefficient (Wildman–Crippen LogP) is 4.82. The molecule has 0 N–H and O–H groups in total. The maximum atomic E-state index is 13.7. The molecule has 31 heavy (non-hydrogen) atoms. The molecule has 4 aromatic rings. The van der Waals surface area contributed by atoms with Crippen molar-refractivity contribution in [2.75, 3.05) is 27.2 Å². The van der Waals surface area contributed by atoms with Crippen molar-refractivity contribution >= 4 is 43.6 Å². The third-order valence-corrected chi connectivity index (χ3v) is 6.30. The molecule has 1 aliphatic rings. The lowest BCUT2D eigenvalue weighted by Crippen LogP contribution is -2.35. The molecule has 2 heterocycles. The molecular formula is C25H21BrN2O3. The molecule has 0 saturated carbocycles. The number of hydrogen-bond acceptors (Lipinski definition) is 4. The topological polar surface area (TPSA) is 53.8 Å². The second-order valence-electron chi connectivity index (χ2n) is 8.10.